The predicted octanol–water partition coefficient (Wildman–Crippen LogP) is 4.08. The smallest absolute Gasteiger partial charge is 0.346 e. The van der Waals surface area contributed by atoms with Crippen molar-refractivity contribution in [1.82, 2.24) is 10.3 Å². The van der Waals surface area contributed by atoms with Crippen LogP contribution < -0.4 is 33.6 Å². The van der Waals surface area contributed by atoms with E-state index in [1.807, 2.05) is 37.3 Å². The maximum absolute atomic E-state index is 12.1. The van der Waals surface area contributed by atoms with E-state index in [0.717, 1.165) is 60.8 Å². The SMILES string of the molecule is CCN.Cc1ccc(C(F)(F)F)cc1.NCCC(CCN)CCCC(N)C(=O)NCC(=O)Nc1cnc2ccccc2c1. The minimum Gasteiger partial charge on any atom is -0.346 e. The zero-order valence-electron chi connectivity index (χ0n) is 25.0. The van der Waals surface area contributed by atoms with Crippen LogP contribution in [-0.2, 0) is 15.8 Å². The van der Waals surface area contributed by atoms with Crippen molar-refractivity contribution in [2.75, 3.05) is 31.5 Å². The summed E-state index contributed by atoms with van der Waals surface area (Å²) in [5.74, 6) is -0.179. The number of nitrogens with one attached hydrogen (secondary N) is 2. The second-order valence-electron chi connectivity index (χ2n) is 10.0. The number of carbonyl (C=O) groups is 2. The van der Waals surface area contributed by atoms with Gasteiger partial charge in [-0.2, -0.15) is 13.2 Å². The van der Waals surface area contributed by atoms with E-state index in [9.17, 15) is 22.8 Å². The summed E-state index contributed by atoms with van der Waals surface area (Å²) in [7, 11) is 0. The minimum atomic E-state index is -4.21. The first-order valence-electron chi connectivity index (χ1n) is 14.4. The molecule has 0 bridgehead atoms. The number of hydrogen-bond acceptors (Lipinski definition) is 7. The fraction of sp³-hybridized carbons (Fsp3) is 0.452. The number of carbonyl (C=O) groups excluding carboxylic acids is 2. The molecule has 1 atom stereocenters. The number of benzene rings is 2. The molecule has 1 unspecified atom stereocenters. The Morgan fingerprint density at radius 1 is 0.930 bits per heavy atom. The first-order chi connectivity index (χ1) is 20.4. The molecular formula is C31H46F3N7O2. The van der Waals surface area contributed by atoms with Crippen molar-refractivity contribution in [2.24, 2.45) is 28.9 Å². The summed E-state index contributed by atoms with van der Waals surface area (Å²) in [5, 5.41) is 6.26. The number of halogens is 3. The van der Waals surface area contributed by atoms with Crippen LogP contribution in [0.1, 0.15) is 50.2 Å². The average Bonchev–Trinajstić information content (AvgIpc) is 2.96. The van der Waals surface area contributed by atoms with Crippen LogP contribution >= 0.6 is 0 Å². The number of anilines is 1. The van der Waals surface area contributed by atoms with Gasteiger partial charge in [-0.15, -0.1) is 0 Å². The van der Waals surface area contributed by atoms with Crippen LogP contribution in [0.2, 0.25) is 0 Å². The fourth-order valence-electron chi connectivity index (χ4n) is 4.05. The van der Waals surface area contributed by atoms with E-state index in [0.29, 0.717) is 31.1 Å². The maximum atomic E-state index is 12.1. The van der Waals surface area contributed by atoms with Gasteiger partial charge >= 0.3 is 6.18 Å². The molecule has 0 spiro atoms. The second-order valence-corrected chi connectivity index (χ2v) is 10.0. The van der Waals surface area contributed by atoms with Gasteiger partial charge in [-0.25, -0.2) is 0 Å². The van der Waals surface area contributed by atoms with E-state index in [-0.39, 0.29) is 18.4 Å². The van der Waals surface area contributed by atoms with Gasteiger partial charge in [-0.3, -0.25) is 14.6 Å². The summed E-state index contributed by atoms with van der Waals surface area (Å²) in [6.07, 6.45) is 1.58. The number of pyridine rings is 1. The highest BCUT2D eigenvalue weighted by molar-refractivity contribution is 5.96. The lowest BCUT2D eigenvalue weighted by atomic mass is 9.94. The lowest BCUT2D eigenvalue weighted by Crippen LogP contribution is -2.43. The molecule has 238 valence electrons. The molecule has 10 N–H and O–H groups in total. The first kappa shape index (κ1) is 37.4. The molecular weight excluding hydrogens is 559 g/mol. The van der Waals surface area contributed by atoms with Crippen molar-refractivity contribution in [3.63, 3.8) is 0 Å². The van der Waals surface area contributed by atoms with Crippen molar-refractivity contribution in [3.8, 4) is 0 Å². The quantitative estimate of drug-likeness (QED) is 0.180. The van der Waals surface area contributed by atoms with Gasteiger partial charge in [0.15, 0.2) is 0 Å². The standard InChI is InChI=1S/C21H32N6O2.C8H7F3.C2H7N/c22-10-8-15(9-11-23)4-3-6-18(24)21(29)26-14-20(28)27-17-12-16-5-1-2-7-19(16)25-13-17;1-6-2-4-7(5-3-6)8(9,10)11;1-2-3/h1-2,5,7,12-13,15,18H,3-4,6,8-11,14,22-24H2,(H,26,29)(H,27,28);2-5H,1H3;2-3H2,1H3. The Morgan fingerprint density at radius 2 is 1.53 bits per heavy atom. The van der Waals surface area contributed by atoms with E-state index in [1.54, 1.807) is 13.1 Å². The number of rotatable bonds is 12. The van der Waals surface area contributed by atoms with Crippen molar-refractivity contribution in [1.29, 1.82) is 0 Å². The van der Waals surface area contributed by atoms with Gasteiger partial charge < -0.3 is 33.6 Å². The van der Waals surface area contributed by atoms with Crippen molar-refractivity contribution >= 4 is 28.4 Å². The van der Waals surface area contributed by atoms with E-state index < -0.39 is 17.8 Å². The zero-order chi connectivity index (χ0) is 32.3. The summed E-state index contributed by atoms with van der Waals surface area (Å²) in [5.41, 5.74) is 23.7. The summed E-state index contributed by atoms with van der Waals surface area (Å²) < 4.78 is 35.8. The number of nitrogens with zero attached hydrogens (tertiary/aromatic N) is 1. The third-order valence-electron chi connectivity index (χ3n) is 6.29. The lowest BCUT2D eigenvalue weighted by Gasteiger charge is -2.16. The normalized spacial score (nSPS) is 11.6. The van der Waals surface area contributed by atoms with Crippen LogP contribution in [0.5, 0.6) is 0 Å². The van der Waals surface area contributed by atoms with Crippen LogP contribution in [0.4, 0.5) is 18.9 Å². The van der Waals surface area contributed by atoms with E-state index in [4.69, 9.17) is 22.9 Å². The Bertz CT molecular complexity index is 1220. The van der Waals surface area contributed by atoms with Crippen molar-refractivity contribution in [3.05, 3.63) is 71.9 Å². The van der Waals surface area contributed by atoms with Crippen LogP contribution in [0, 0.1) is 12.8 Å². The van der Waals surface area contributed by atoms with Crippen molar-refractivity contribution in [2.45, 2.75) is 58.2 Å². The molecule has 0 fully saturated rings. The minimum absolute atomic E-state index is 0.137. The van der Waals surface area contributed by atoms with E-state index in [1.165, 1.54) is 12.1 Å². The third kappa shape index (κ3) is 15.5. The van der Waals surface area contributed by atoms with Crippen LogP contribution in [-0.4, -0.2) is 49.0 Å². The van der Waals surface area contributed by atoms with Crippen LogP contribution in [0.25, 0.3) is 10.9 Å². The molecule has 0 saturated heterocycles. The van der Waals surface area contributed by atoms with Crippen molar-refractivity contribution < 1.29 is 22.8 Å². The maximum Gasteiger partial charge on any atom is 0.416 e. The highest BCUT2D eigenvalue weighted by Gasteiger charge is 2.29. The van der Waals surface area contributed by atoms with E-state index >= 15 is 0 Å². The van der Waals surface area contributed by atoms with Crippen LogP contribution in [0.3, 0.4) is 0 Å². The molecule has 2 aromatic carbocycles. The number of aryl methyl sites for hydroxylation is 1. The number of amides is 2. The van der Waals surface area contributed by atoms with Gasteiger partial charge in [0.1, 0.15) is 0 Å². The molecule has 0 saturated carbocycles. The topological polar surface area (TPSA) is 175 Å². The van der Waals surface area contributed by atoms with Gasteiger partial charge in [0.05, 0.1) is 35.6 Å². The number of aromatic nitrogens is 1. The van der Waals surface area contributed by atoms with Crippen LogP contribution in [0.15, 0.2) is 60.8 Å². The third-order valence-corrected chi connectivity index (χ3v) is 6.29. The highest BCUT2D eigenvalue weighted by atomic mass is 19.4. The number of para-hydroxylation sites is 1. The Labute approximate surface area is 252 Å². The van der Waals surface area contributed by atoms with Gasteiger partial charge in [0.2, 0.25) is 11.8 Å². The molecule has 0 aliphatic carbocycles. The Morgan fingerprint density at radius 3 is 2.12 bits per heavy atom. The lowest BCUT2D eigenvalue weighted by molar-refractivity contribution is -0.137. The highest BCUT2D eigenvalue weighted by Crippen LogP contribution is 2.28. The first-order valence-corrected chi connectivity index (χ1v) is 14.4. The fourth-order valence-corrected chi connectivity index (χ4v) is 4.05. The molecule has 43 heavy (non-hydrogen) atoms. The van der Waals surface area contributed by atoms with Gasteiger partial charge in [-0.1, -0.05) is 55.7 Å². The molecule has 0 radical (unpaired) electrons. The monoisotopic (exact) mass is 605 g/mol. The summed E-state index contributed by atoms with van der Waals surface area (Å²) in [4.78, 5) is 28.5. The molecule has 1 heterocycles. The Hall–Kier alpha value is -3.58. The molecule has 3 aromatic rings. The summed E-state index contributed by atoms with van der Waals surface area (Å²) >= 11 is 0. The number of fused-ring (bicyclic) bond motifs is 1. The molecule has 9 nitrogen and oxygen atoms in total. The number of nitrogens with two attached hydrogens (primary N) is 4. The largest absolute Gasteiger partial charge is 0.416 e. The predicted molar refractivity (Wildman–Crippen MR) is 167 cm³/mol. The molecule has 0 aliphatic heterocycles. The molecule has 12 heteroatoms. The molecule has 0 aliphatic rings. The summed E-state index contributed by atoms with van der Waals surface area (Å²) in [6, 6.07) is 13.9. The Balaban J connectivity index is 0.000000545. The zero-order valence-corrected chi connectivity index (χ0v) is 25.0. The molecule has 2 amide bonds. The molecule has 3 rings (SSSR count). The van der Waals surface area contributed by atoms with Gasteiger partial charge in [0, 0.05) is 5.39 Å². The second kappa shape index (κ2) is 20.3. The summed E-state index contributed by atoms with van der Waals surface area (Å²) in [6.45, 7) is 5.54. The van der Waals surface area contributed by atoms with Gasteiger partial charge in [0.25, 0.3) is 0 Å². The number of alkyl halides is 3. The average molecular weight is 606 g/mol. The van der Waals surface area contributed by atoms with Gasteiger partial charge in [-0.05, 0) is 76.0 Å². The Kier molecular flexibility index (Phi) is 17.7. The number of hydrogen-bond donors (Lipinski definition) is 6. The molecule has 1 aromatic heterocycles. The van der Waals surface area contributed by atoms with E-state index in [2.05, 4.69) is 15.6 Å².